The smallest absolute Gasteiger partial charge is 0.327 e. The summed E-state index contributed by atoms with van der Waals surface area (Å²) in [7, 11) is -3.11. The normalized spacial score (nSPS) is 31.6. The largest absolute Gasteiger partial charge is 0.480 e. The molecule has 0 radical (unpaired) electrons. The van der Waals surface area contributed by atoms with Crippen molar-refractivity contribution in [3.05, 3.63) is 0 Å². The minimum Gasteiger partial charge on any atom is -0.480 e. The van der Waals surface area contributed by atoms with Crippen LogP contribution in [0, 0.1) is 5.92 Å². The third kappa shape index (κ3) is 2.57. The van der Waals surface area contributed by atoms with Gasteiger partial charge in [0.05, 0.1) is 23.3 Å². The van der Waals surface area contributed by atoms with E-state index in [0.29, 0.717) is 18.1 Å². The van der Waals surface area contributed by atoms with Crippen LogP contribution in [0.1, 0.15) is 6.42 Å². The second-order valence-corrected chi connectivity index (χ2v) is 7.49. The molecule has 0 aliphatic carbocycles. The summed E-state index contributed by atoms with van der Waals surface area (Å²) in [4.78, 5) is 24.3. The second-order valence-electron chi connectivity index (χ2n) is 4.26. The number of carboxylic acids is 1. The number of carbonyl (C=O) groups excluding carboxylic acids is 1. The predicted molar refractivity (Wildman–Crippen MR) is 62.4 cm³/mol. The molecule has 1 N–H and O–H groups in total. The van der Waals surface area contributed by atoms with Crippen molar-refractivity contribution in [2.75, 3.05) is 23.1 Å². The molecule has 2 rings (SSSR count). The Balaban J connectivity index is 2.08. The molecular formula is C9H13NO5S2. The summed E-state index contributed by atoms with van der Waals surface area (Å²) in [5.74, 6) is -1.30. The van der Waals surface area contributed by atoms with Gasteiger partial charge in [-0.3, -0.25) is 4.79 Å². The van der Waals surface area contributed by atoms with Crippen molar-refractivity contribution in [3.63, 3.8) is 0 Å². The molecular weight excluding hydrogens is 266 g/mol. The van der Waals surface area contributed by atoms with Gasteiger partial charge in [-0.05, 0) is 6.42 Å². The van der Waals surface area contributed by atoms with Crippen LogP contribution >= 0.6 is 11.8 Å². The minimum absolute atomic E-state index is 0.0299. The standard InChI is InChI=1S/C9H13NO5S2/c11-8(6-1-2-17(14,15)4-6)10-5-16-3-7(10)9(12)13/h6-7H,1-5H2,(H,12,13). The van der Waals surface area contributed by atoms with E-state index in [4.69, 9.17) is 5.11 Å². The van der Waals surface area contributed by atoms with Crippen LogP contribution in [0.3, 0.4) is 0 Å². The monoisotopic (exact) mass is 279 g/mol. The zero-order valence-electron chi connectivity index (χ0n) is 9.03. The molecule has 2 saturated heterocycles. The Morgan fingerprint density at radius 1 is 1.35 bits per heavy atom. The van der Waals surface area contributed by atoms with Gasteiger partial charge in [-0.2, -0.15) is 0 Å². The molecule has 2 fully saturated rings. The highest BCUT2D eigenvalue weighted by molar-refractivity contribution is 7.99. The highest BCUT2D eigenvalue weighted by atomic mass is 32.2. The van der Waals surface area contributed by atoms with Gasteiger partial charge in [0, 0.05) is 5.75 Å². The van der Waals surface area contributed by atoms with E-state index in [-0.39, 0.29) is 17.4 Å². The lowest BCUT2D eigenvalue weighted by Crippen LogP contribution is -2.44. The van der Waals surface area contributed by atoms with Crippen molar-refractivity contribution >= 4 is 33.5 Å². The maximum atomic E-state index is 12.0. The van der Waals surface area contributed by atoms with Gasteiger partial charge < -0.3 is 10.0 Å². The summed E-state index contributed by atoms with van der Waals surface area (Å²) in [5.41, 5.74) is 0. The summed E-state index contributed by atoms with van der Waals surface area (Å²) < 4.78 is 22.6. The van der Waals surface area contributed by atoms with Crippen molar-refractivity contribution in [3.8, 4) is 0 Å². The fourth-order valence-corrected chi connectivity index (χ4v) is 4.98. The zero-order valence-corrected chi connectivity index (χ0v) is 10.7. The Morgan fingerprint density at radius 3 is 2.59 bits per heavy atom. The van der Waals surface area contributed by atoms with E-state index in [1.54, 1.807) is 0 Å². The SMILES string of the molecule is O=C(O)C1CSCN1C(=O)C1CCS(=O)(=O)C1. The molecule has 0 spiro atoms. The van der Waals surface area contributed by atoms with E-state index in [2.05, 4.69) is 0 Å². The summed E-state index contributed by atoms with van der Waals surface area (Å²) >= 11 is 1.38. The zero-order chi connectivity index (χ0) is 12.6. The topological polar surface area (TPSA) is 91.8 Å². The van der Waals surface area contributed by atoms with Crippen LogP contribution in [0.15, 0.2) is 0 Å². The van der Waals surface area contributed by atoms with Crippen LogP contribution < -0.4 is 0 Å². The van der Waals surface area contributed by atoms with E-state index in [1.165, 1.54) is 16.7 Å². The molecule has 2 unspecified atom stereocenters. The summed E-state index contributed by atoms with van der Waals surface area (Å²) in [6.45, 7) is 0. The minimum atomic E-state index is -3.11. The maximum absolute atomic E-state index is 12.0. The number of aliphatic carboxylic acids is 1. The fraction of sp³-hybridized carbons (Fsp3) is 0.778. The third-order valence-electron chi connectivity index (χ3n) is 3.03. The molecule has 0 aromatic rings. The number of rotatable bonds is 2. The molecule has 17 heavy (non-hydrogen) atoms. The van der Waals surface area contributed by atoms with E-state index < -0.39 is 27.8 Å². The van der Waals surface area contributed by atoms with Gasteiger partial charge in [0.15, 0.2) is 9.84 Å². The van der Waals surface area contributed by atoms with Gasteiger partial charge in [0.1, 0.15) is 6.04 Å². The number of thioether (sulfide) groups is 1. The summed E-state index contributed by atoms with van der Waals surface area (Å²) in [6.07, 6.45) is 0.314. The van der Waals surface area contributed by atoms with Crippen molar-refractivity contribution in [1.82, 2.24) is 4.90 Å². The van der Waals surface area contributed by atoms with E-state index in [1.807, 2.05) is 0 Å². The Labute approximate surface area is 103 Å². The highest BCUT2D eigenvalue weighted by Gasteiger charge is 2.41. The van der Waals surface area contributed by atoms with Crippen molar-refractivity contribution in [2.24, 2.45) is 5.92 Å². The number of hydrogen-bond donors (Lipinski definition) is 1. The lowest BCUT2D eigenvalue weighted by atomic mass is 10.1. The first-order valence-corrected chi connectivity index (χ1v) is 8.20. The lowest BCUT2D eigenvalue weighted by Gasteiger charge is -2.23. The first-order chi connectivity index (χ1) is 7.91. The van der Waals surface area contributed by atoms with Crippen molar-refractivity contribution in [1.29, 1.82) is 0 Å². The van der Waals surface area contributed by atoms with Gasteiger partial charge in [0.2, 0.25) is 5.91 Å². The van der Waals surface area contributed by atoms with Crippen LogP contribution in [0.4, 0.5) is 0 Å². The first kappa shape index (κ1) is 12.7. The van der Waals surface area contributed by atoms with E-state index >= 15 is 0 Å². The molecule has 0 aromatic heterocycles. The molecule has 8 heteroatoms. The number of sulfone groups is 1. The predicted octanol–water partition coefficient (Wildman–Crippen LogP) is -0.593. The van der Waals surface area contributed by atoms with Gasteiger partial charge in [-0.25, -0.2) is 13.2 Å². The quantitative estimate of drug-likeness (QED) is 0.726. The van der Waals surface area contributed by atoms with Crippen LogP contribution in [0.2, 0.25) is 0 Å². The maximum Gasteiger partial charge on any atom is 0.327 e. The van der Waals surface area contributed by atoms with E-state index in [0.717, 1.165) is 0 Å². The number of hydrogen-bond acceptors (Lipinski definition) is 5. The van der Waals surface area contributed by atoms with Gasteiger partial charge in [0.25, 0.3) is 0 Å². The van der Waals surface area contributed by atoms with Crippen LogP contribution in [-0.2, 0) is 19.4 Å². The molecule has 2 atom stereocenters. The molecule has 0 bridgehead atoms. The van der Waals surface area contributed by atoms with Crippen molar-refractivity contribution in [2.45, 2.75) is 12.5 Å². The number of amides is 1. The number of carbonyl (C=O) groups is 2. The van der Waals surface area contributed by atoms with Gasteiger partial charge >= 0.3 is 5.97 Å². The van der Waals surface area contributed by atoms with Crippen LogP contribution in [-0.4, -0.2) is 59.5 Å². The van der Waals surface area contributed by atoms with Crippen molar-refractivity contribution < 1.29 is 23.1 Å². The average molecular weight is 279 g/mol. The molecule has 2 aliphatic rings. The second kappa shape index (κ2) is 4.49. The Hall–Kier alpha value is -0.760. The fourth-order valence-electron chi connectivity index (χ4n) is 2.09. The third-order valence-corrected chi connectivity index (χ3v) is 5.81. The molecule has 6 nitrogen and oxygen atoms in total. The summed E-state index contributed by atoms with van der Waals surface area (Å²) in [5, 5.41) is 8.95. The number of carboxylic acid groups (broad SMARTS) is 1. The Bertz CT molecular complexity index is 446. The lowest BCUT2D eigenvalue weighted by molar-refractivity contribution is -0.149. The molecule has 2 aliphatic heterocycles. The van der Waals surface area contributed by atoms with E-state index in [9.17, 15) is 18.0 Å². The first-order valence-electron chi connectivity index (χ1n) is 5.22. The van der Waals surface area contributed by atoms with Crippen LogP contribution in [0.25, 0.3) is 0 Å². The molecule has 96 valence electrons. The van der Waals surface area contributed by atoms with Crippen LogP contribution in [0.5, 0.6) is 0 Å². The molecule has 0 saturated carbocycles. The van der Waals surface area contributed by atoms with Gasteiger partial charge in [-0.15, -0.1) is 11.8 Å². The van der Waals surface area contributed by atoms with Gasteiger partial charge in [-0.1, -0.05) is 0 Å². The number of nitrogens with zero attached hydrogens (tertiary/aromatic N) is 1. The highest BCUT2D eigenvalue weighted by Crippen LogP contribution is 2.27. The molecule has 2 heterocycles. The average Bonchev–Trinajstić information content (AvgIpc) is 2.82. The Kier molecular flexibility index (Phi) is 3.35. The molecule has 1 amide bonds. The molecule has 0 aromatic carbocycles. The Morgan fingerprint density at radius 2 is 2.06 bits per heavy atom. The summed E-state index contributed by atoms with van der Waals surface area (Å²) in [6, 6.07) is -0.809.